The van der Waals surface area contributed by atoms with Gasteiger partial charge >= 0.3 is 6.09 Å². The monoisotopic (exact) mass is 297 g/mol. The molecular weight excluding hydrogens is 274 g/mol. The first-order valence-electron chi connectivity index (χ1n) is 7.58. The van der Waals surface area contributed by atoms with E-state index in [-0.39, 0.29) is 0 Å². The number of carbonyl (C=O) groups excluding carboxylic acids is 1. The van der Waals surface area contributed by atoms with Crippen LogP contribution in [0.5, 0.6) is 5.75 Å². The molecule has 0 aliphatic carbocycles. The molecule has 1 N–H and O–H groups in total. The zero-order chi connectivity index (χ0) is 16.1. The van der Waals surface area contributed by atoms with Crippen molar-refractivity contribution in [2.75, 3.05) is 0 Å². The molecule has 0 bridgehead atoms. The smallest absolute Gasteiger partial charge is 0.410 e. The maximum atomic E-state index is 11.9. The van der Waals surface area contributed by atoms with E-state index in [9.17, 15) is 4.79 Å². The van der Waals surface area contributed by atoms with Gasteiger partial charge in [-0.15, -0.1) is 0 Å². The summed E-state index contributed by atoms with van der Waals surface area (Å²) < 4.78 is 5.35. The number of nitrogens with one attached hydrogen (secondary N) is 1. The summed E-state index contributed by atoms with van der Waals surface area (Å²) in [5.41, 5.74) is 4.68. The molecule has 0 aliphatic heterocycles. The van der Waals surface area contributed by atoms with Crippen LogP contribution in [-0.4, -0.2) is 6.09 Å². The molecule has 0 heterocycles. The number of carbonyl (C=O) groups is 1. The molecule has 0 saturated carbocycles. The highest BCUT2D eigenvalue weighted by atomic mass is 16.6. The zero-order valence-corrected chi connectivity index (χ0v) is 13.6. The van der Waals surface area contributed by atoms with Crippen LogP contribution in [0.3, 0.4) is 0 Å². The Kier molecular flexibility index (Phi) is 5.21. The normalized spacial score (nSPS) is 10.6. The molecule has 3 heteroatoms. The average Bonchev–Trinajstić information content (AvgIpc) is 2.49. The predicted octanol–water partition coefficient (Wildman–Crippen LogP) is 4.72. The van der Waals surface area contributed by atoms with Gasteiger partial charge in [-0.05, 0) is 54.2 Å². The number of aryl methyl sites for hydroxylation is 1. The highest BCUT2D eigenvalue weighted by Crippen LogP contribution is 2.20. The number of benzene rings is 2. The van der Waals surface area contributed by atoms with Crippen molar-refractivity contribution in [3.63, 3.8) is 0 Å². The summed E-state index contributed by atoms with van der Waals surface area (Å²) in [6.45, 7) is 8.81. The van der Waals surface area contributed by atoms with E-state index < -0.39 is 6.09 Å². The van der Waals surface area contributed by atoms with E-state index in [0.717, 1.165) is 11.1 Å². The Morgan fingerprint density at radius 2 is 1.86 bits per heavy atom. The number of hydrogen-bond donors (Lipinski definition) is 1. The number of ether oxygens (including phenoxy) is 1. The molecule has 2 aromatic carbocycles. The molecule has 0 fully saturated rings. The fourth-order valence-corrected chi connectivity index (χ4v) is 2.25. The van der Waals surface area contributed by atoms with Gasteiger partial charge < -0.3 is 10.1 Å². The summed E-state index contributed by atoms with van der Waals surface area (Å²) in [6.07, 6.45) is -0.429. The van der Waals surface area contributed by atoms with Gasteiger partial charge in [-0.25, -0.2) is 4.79 Å². The highest BCUT2D eigenvalue weighted by Gasteiger charge is 2.07. The van der Waals surface area contributed by atoms with E-state index in [1.54, 1.807) is 6.07 Å². The lowest BCUT2D eigenvalue weighted by atomic mass is 10.0. The van der Waals surface area contributed by atoms with Gasteiger partial charge in [0, 0.05) is 6.54 Å². The Hall–Kier alpha value is -2.29. The molecular formula is C19H23NO2. The zero-order valence-electron chi connectivity index (χ0n) is 13.6. The van der Waals surface area contributed by atoms with E-state index in [0.29, 0.717) is 18.2 Å². The molecule has 0 spiro atoms. The third-order valence-electron chi connectivity index (χ3n) is 3.88. The Bertz CT molecular complexity index is 662. The van der Waals surface area contributed by atoms with Crippen LogP contribution >= 0.6 is 0 Å². The molecule has 3 nitrogen and oxygen atoms in total. The summed E-state index contributed by atoms with van der Waals surface area (Å²) in [7, 11) is 0. The van der Waals surface area contributed by atoms with Crippen LogP contribution in [0.1, 0.15) is 42.0 Å². The molecule has 0 aliphatic rings. The number of rotatable bonds is 4. The minimum absolute atomic E-state index is 0.404. The standard InChI is InChI=1S/C19H23NO2/c1-13(2)16-8-6-10-18(11-16)22-19(21)20-12-17-9-5-7-14(3)15(17)4/h5-11,13H,12H2,1-4H3,(H,20,21). The predicted molar refractivity (Wildman–Crippen MR) is 89.3 cm³/mol. The Morgan fingerprint density at radius 1 is 1.14 bits per heavy atom. The lowest BCUT2D eigenvalue weighted by Crippen LogP contribution is -2.26. The van der Waals surface area contributed by atoms with Gasteiger partial charge in [0.05, 0.1) is 0 Å². The van der Waals surface area contributed by atoms with E-state index in [2.05, 4.69) is 39.1 Å². The molecule has 0 unspecified atom stereocenters. The van der Waals surface area contributed by atoms with Crippen LogP contribution in [0.25, 0.3) is 0 Å². The van der Waals surface area contributed by atoms with Gasteiger partial charge in [-0.3, -0.25) is 0 Å². The lowest BCUT2D eigenvalue weighted by molar-refractivity contribution is 0.200. The first-order chi connectivity index (χ1) is 10.5. The largest absolute Gasteiger partial charge is 0.412 e. The van der Waals surface area contributed by atoms with Crippen molar-refractivity contribution < 1.29 is 9.53 Å². The lowest BCUT2D eigenvalue weighted by Gasteiger charge is -2.11. The van der Waals surface area contributed by atoms with Gasteiger partial charge in [-0.1, -0.05) is 44.2 Å². The molecule has 0 radical (unpaired) electrons. The van der Waals surface area contributed by atoms with Crippen LogP contribution in [-0.2, 0) is 6.54 Å². The number of amides is 1. The molecule has 2 rings (SSSR count). The molecule has 22 heavy (non-hydrogen) atoms. The van der Waals surface area contributed by atoms with E-state index in [1.165, 1.54) is 11.1 Å². The maximum absolute atomic E-state index is 11.9. The van der Waals surface area contributed by atoms with Crippen molar-refractivity contribution in [1.29, 1.82) is 0 Å². The van der Waals surface area contributed by atoms with Crippen LogP contribution in [0.2, 0.25) is 0 Å². The summed E-state index contributed by atoms with van der Waals surface area (Å²) in [4.78, 5) is 11.9. The first-order valence-corrected chi connectivity index (χ1v) is 7.58. The van der Waals surface area contributed by atoms with Crippen LogP contribution in [0.4, 0.5) is 4.79 Å². The Balaban J connectivity index is 1.96. The fourth-order valence-electron chi connectivity index (χ4n) is 2.25. The minimum atomic E-state index is -0.429. The van der Waals surface area contributed by atoms with Gasteiger partial charge in [-0.2, -0.15) is 0 Å². The second-order valence-corrected chi connectivity index (χ2v) is 5.83. The van der Waals surface area contributed by atoms with Crippen molar-refractivity contribution in [2.45, 2.75) is 40.2 Å². The third kappa shape index (κ3) is 4.10. The summed E-state index contributed by atoms with van der Waals surface area (Å²) >= 11 is 0. The van der Waals surface area contributed by atoms with Gasteiger partial charge in [0.2, 0.25) is 0 Å². The SMILES string of the molecule is Cc1cccc(CNC(=O)Oc2cccc(C(C)C)c2)c1C. The first kappa shape index (κ1) is 16.1. The van der Waals surface area contributed by atoms with Crippen LogP contribution < -0.4 is 10.1 Å². The molecule has 0 saturated heterocycles. The van der Waals surface area contributed by atoms with Crippen molar-refractivity contribution in [2.24, 2.45) is 0 Å². The van der Waals surface area contributed by atoms with Crippen molar-refractivity contribution in [1.82, 2.24) is 5.32 Å². The van der Waals surface area contributed by atoms with Gasteiger partial charge in [0.1, 0.15) is 5.75 Å². The van der Waals surface area contributed by atoms with Gasteiger partial charge in [0.25, 0.3) is 0 Å². The van der Waals surface area contributed by atoms with Crippen LogP contribution in [0, 0.1) is 13.8 Å². The Labute approximate surface area is 132 Å². The molecule has 0 atom stereocenters. The minimum Gasteiger partial charge on any atom is -0.410 e. The third-order valence-corrected chi connectivity index (χ3v) is 3.88. The molecule has 1 amide bonds. The summed E-state index contributed by atoms with van der Waals surface area (Å²) in [5, 5.41) is 2.80. The average molecular weight is 297 g/mol. The summed E-state index contributed by atoms with van der Waals surface area (Å²) in [6, 6.07) is 13.7. The van der Waals surface area contributed by atoms with Crippen molar-refractivity contribution in [3.8, 4) is 5.75 Å². The van der Waals surface area contributed by atoms with E-state index in [1.807, 2.05) is 30.3 Å². The van der Waals surface area contributed by atoms with Crippen molar-refractivity contribution >= 4 is 6.09 Å². The topological polar surface area (TPSA) is 38.3 Å². The maximum Gasteiger partial charge on any atom is 0.412 e. The fraction of sp³-hybridized carbons (Fsp3) is 0.316. The van der Waals surface area contributed by atoms with Crippen molar-refractivity contribution in [3.05, 3.63) is 64.7 Å². The second-order valence-electron chi connectivity index (χ2n) is 5.83. The molecule has 2 aromatic rings. The molecule has 116 valence electrons. The highest BCUT2D eigenvalue weighted by molar-refractivity contribution is 5.70. The number of hydrogen-bond acceptors (Lipinski definition) is 2. The van der Waals surface area contributed by atoms with E-state index >= 15 is 0 Å². The quantitative estimate of drug-likeness (QED) is 0.887. The molecule has 0 aromatic heterocycles. The second kappa shape index (κ2) is 7.12. The van der Waals surface area contributed by atoms with E-state index in [4.69, 9.17) is 4.74 Å². The Morgan fingerprint density at radius 3 is 2.59 bits per heavy atom. The summed E-state index contributed by atoms with van der Waals surface area (Å²) in [5.74, 6) is 0.978. The van der Waals surface area contributed by atoms with Gasteiger partial charge in [0.15, 0.2) is 0 Å². The van der Waals surface area contributed by atoms with Crippen LogP contribution in [0.15, 0.2) is 42.5 Å².